The van der Waals surface area contributed by atoms with E-state index >= 15 is 0 Å². The highest BCUT2D eigenvalue weighted by atomic mass is 16.5. The van der Waals surface area contributed by atoms with Gasteiger partial charge in [0.1, 0.15) is 18.1 Å². The van der Waals surface area contributed by atoms with Crippen molar-refractivity contribution in [3.8, 4) is 5.75 Å². The number of hydrogen-bond donors (Lipinski definition) is 2. The lowest BCUT2D eigenvalue weighted by Gasteiger charge is -2.10. The van der Waals surface area contributed by atoms with Gasteiger partial charge in [0, 0.05) is 23.4 Å². The van der Waals surface area contributed by atoms with Crippen LogP contribution in [0.3, 0.4) is 0 Å². The number of benzene rings is 2. The number of ether oxygens (including phenoxy) is 1. The van der Waals surface area contributed by atoms with Gasteiger partial charge < -0.3 is 19.9 Å². The fourth-order valence-corrected chi connectivity index (χ4v) is 3.01. The summed E-state index contributed by atoms with van der Waals surface area (Å²) in [5, 5.41) is 9.61. The molecule has 0 bridgehead atoms. The van der Waals surface area contributed by atoms with Gasteiger partial charge in [0.2, 0.25) is 5.91 Å². The van der Waals surface area contributed by atoms with Crippen LogP contribution in [-0.2, 0) is 11.4 Å². The first-order valence-corrected chi connectivity index (χ1v) is 10.2. The third-order valence-corrected chi connectivity index (χ3v) is 4.68. The molecule has 162 valence electrons. The zero-order valence-electron chi connectivity index (χ0n) is 18.2. The van der Waals surface area contributed by atoms with Crippen LogP contribution in [0.5, 0.6) is 5.75 Å². The second-order valence-corrected chi connectivity index (χ2v) is 7.80. The van der Waals surface area contributed by atoms with Crippen molar-refractivity contribution in [3.63, 3.8) is 0 Å². The predicted molar refractivity (Wildman–Crippen MR) is 119 cm³/mol. The molecule has 2 aromatic carbocycles. The number of hydrogen-bond acceptors (Lipinski definition) is 5. The van der Waals surface area contributed by atoms with E-state index in [-0.39, 0.29) is 11.8 Å². The molecule has 1 aromatic heterocycles. The normalized spacial score (nSPS) is 10.7. The lowest BCUT2D eigenvalue weighted by Crippen LogP contribution is -2.14. The largest absolute Gasteiger partial charge is 0.489 e. The van der Waals surface area contributed by atoms with E-state index in [2.05, 4.69) is 15.8 Å². The molecule has 31 heavy (non-hydrogen) atoms. The van der Waals surface area contributed by atoms with Gasteiger partial charge >= 0.3 is 0 Å². The maximum absolute atomic E-state index is 12.6. The predicted octanol–water partition coefficient (Wildman–Crippen LogP) is 5.11. The van der Waals surface area contributed by atoms with E-state index in [4.69, 9.17) is 9.26 Å². The van der Waals surface area contributed by atoms with Gasteiger partial charge in [-0.05, 0) is 62.2 Å². The molecule has 2 N–H and O–H groups in total. The molecular formula is C24H27N3O4. The zero-order chi connectivity index (χ0) is 22.4. The van der Waals surface area contributed by atoms with Crippen molar-refractivity contribution in [2.75, 3.05) is 10.6 Å². The topological polar surface area (TPSA) is 93.5 Å². The smallest absolute Gasteiger partial charge is 0.255 e. The fourth-order valence-electron chi connectivity index (χ4n) is 3.01. The van der Waals surface area contributed by atoms with Gasteiger partial charge in [-0.25, -0.2) is 0 Å². The van der Waals surface area contributed by atoms with Crippen molar-refractivity contribution in [2.45, 2.75) is 40.7 Å². The quantitative estimate of drug-likeness (QED) is 0.527. The monoisotopic (exact) mass is 421 g/mol. The third kappa shape index (κ3) is 6.18. The summed E-state index contributed by atoms with van der Waals surface area (Å²) >= 11 is 0. The first kappa shape index (κ1) is 22.1. The zero-order valence-corrected chi connectivity index (χ0v) is 18.2. The van der Waals surface area contributed by atoms with Crippen LogP contribution in [0.25, 0.3) is 0 Å². The Labute approximate surface area is 181 Å². The standard InChI is InChI=1S/C24H27N3O4/c1-15(2)12-23(28)25-19-8-10-20(11-9-19)26-24(29)18-6-5-7-21(13-18)30-14-22-16(3)27-31-17(22)4/h5-11,13,15H,12,14H2,1-4H3,(H,25,28)(H,26,29). The molecule has 0 fully saturated rings. The number of aryl methyl sites for hydroxylation is 2. The molecular weight excluding hydrogens is 394 g/mol. The second-order valence-electron chi connectivity index (χ2n) is 7.80. The first-order chi connectivity index (χ1) is 14.8. The van der Waals surface area contributed by atoms with Gasteiger partial charge in [0.15, 0.2) is 0 Å². The minimum absolute atomic E-state index is 0.0276. The highest BCUT2D eigenvalue weighted by Gasteiger charge is 2.12. The van der Waals surface area contributed by atoms with E-state index in [1.54, 1.807) is 48.5 Å². The molecule has 7 heteroatoms. The molecule has 7 nitrogen and oxygen atoms in total. The molecule has 0 spiro atoms. The molecule has 0 saturated carbocycles. The first-order valence-electron chi connectivity index (χ1n) is 10.2. The molecule has 0 saturated heterocycles. The van der Waals surface area contributed by atoms with Crippen LogP contribution in [0, 0.1) is 19.8 Å². The average molecular weight is 421 g/mol. The Hall–Kier alpha value is -3.61. The average Bonchev–Trinajstić information content (AvgIpc) is 3.05. The Kier molecular flexibility index (Phi) is 7.07. The molecule has 0 aliphatic heterocycles. The lowest BCUT2D eigenvalue weighted by atomic mass is 10.1. The number of rotatable bonds is 8. The Bertz CT molecular complexity index is 1040. The van der Waals surface area contributed by atoms with Crippen LogP contribution in [0.4, 0.5) is 11.4 Å². The minimum atomic E-state index is -0.251. The van der Waals surface area contributed by atoms with Crippen LogP contribution in [0.1, 0.15) is 47.6 Å². The van der Waals surface area contributed by atoms with Gasteiger partial charge in [0.05, 0.1) is 11.3 Å². The molecule has 0 unspecified atom stereocenters. The molecule has 0 radical (unpaired) electrons. The van der Waals surface area contributed by atoms with Crippen molar-refractivity contribution < 1.29 is 18.8 Å². The van der Waals surface area contributed by atoms with Gasteiger partial charge in [-0.1, -0.05) is 25.1 Å². The SMILES string of the molecule is Cc1noc(C)c1COc1cccc(C(=O)Nc2ccc(NC(=O)CC(C)C)cc2)c1. The number of carbonyl (C=O) groups excluding carboxylic acids is 2. The Morgan fingerprint density at radius 1 is 1.03 bits per heavy atom. The Morgan fingerprint density at radius 3 is 2.32 bits per heavy atom. The summed E-state index contributed by atoms with van der Waals surface area (Å²) in [6.45, 7) is 8.00. The number of nitrogens with zero attached hydrogens (tertiary/aromatic N) is 1. The number of amides is 2. The van der Waals surface area contributed by atoms with Crippen molar-refractivity contribution in [2.24, 2.45) is 5.92 Å². The summed E-state index contributed by atoms with van der Waals surface area (Å²) in [4.78, 5) is 24.5. The summed E-state index contributed by atoms with van der Waals surface area (Å²) in [6, 6.07) is 14.0. The van der Waals surface area contributed by atoms with E-state index < -0.39 is 0 Å². The van der Waals surface area contributed by atoms with E-state index in [0.29, 0.717) is 41.6 Å². The molecule has 0 aliphatic rings. The van der Waals surface area contributed by atoms with Crippen LogP contribution in [0.15, 0.2) is 53.1 Å². The molecule has 3 aromatic rings. The maximum atomic E-state index is 12.6. The van der Waals surface area contributed by atoms with E-state index in [1.807, 2.05) is 27.7 Å². The number of anilines is 2. The van der Waals surface area contributed by atoms with E-state index in [1.165, 1.54) is 0 Å². The van der Waals surface area contributed by atoms with Gasteiger partial charge in [-0.3, -0.25) is 9.59 Å². The fraction of sp³-hybridized carbons (Fsp3) is 0.292. The van der Waals surface area contributed by atoms with Crippen molar-refractivity contribution >= 4 is 23.2 Å². The van der Waals surface area contributed by atoms with E-state index in [9.17, 15) is 9.59 Å². The summed E-state index contributed by atoms with van der Waals surface area (Å²) < 4.78 is 11.0. The third-order valence-electron chi connectivity index (χ3n) is 4.68. The molecule has 3 rings (SSSR count). The van der Waals surface area contributed by atoms with Gasteiger partial charge in [0.25, 0.3) is 5.91 Å². The minimum Gasteiger partial charge on any atom is -0.489 e. The summed E-state index contributed by atoms with van der Waals surface area (Å²) in [6.07, 6.45) is 0.465. The van der Waals surface area contributed by atoms with Gasteiger partial charge in [-0.15, -0.1) is 0 Å². The molecule has 2 amide bonds. The molecule has 0 aliphatic carbocycles. The maximum Gasteiger partial charge on any atom is 0.255 e. The Morgan fingerprint density at radius 2 is 1.71 bits per heavy atom. The second kappa shape index (κ2) is 9.93. The van der Waals surface area contributed by atoms with Gasteiger partial charge in [-0.2, -0.15) is 0 Å². The highest BCUT2D eigenvalue weighted by Crippen LogP contribution is 2.20. The number of nitrogens with one attached hydrogen (secondary N) is 2. The van der Waals surface area contributed by atoms with Crippen molar-refractivity contribution in [1.29, 1.82) is 0 Å². The summed E-state index contributed by atoms with van der Waals surface area (Å²) in [5.41, 5.74) is 3.49. The van der Waals surface area contributed by atoms with Crippen LogP contribution in [-0.4, -0.2) is 17.0 Å². The summed E-state index contributed by atoms with van der Waals surface area (Å²) in [5.74, 6) is 1.31. The summed E-state index contributed by atoms with van der Waals surface area (Å²) in [7, 11) is 0. The van der Waals surface area contributed by atoms with Crippen LogP contribution >= 0.6 is 0 Å². The van der Waals surface area contributed by atoms with Crippen LogP contribution in [0.2, 0.25) is 0 Å². The van der Waals surface area contributed by atoms with Crippen molar-refractivity contribution in [1.82, 2.24) is 5.16 Å². The molecule has 1 heterocycles. The Balaban J connectivity index is 1.59. The number of carbonyl (C=O) groups is 2. The lowest BCUT2D eigenvalue weighted by molar-refractivity contribution is -0.116. The molecule has 0 atom stereocenters. The van der Waals surface area contributed by atoms with Crippen molar-refractivity contribution in [3.05, 3.63) is 71.1 Å². The highest BCUT2D eigenvalue weighted by molar-refractivity contribution is 6.04. The van der Waals surface area contributed by atoms with E-state index in [0.717, 1.165) is 17.0 Å². The van der Waals surface area contributed by atoms with Crippen LogP contribution < -0.4 is 15.4 Å². The number of aromatic nitrogens is 1.